The van der Waals surface area contributed by atoms with Crippen molar-refractivity contribution < 1.29 is 14.3 Å². The fourth-order valence-electron chi connectivity index (χ4n) is 2.20. The number of benzene rings is 2. The highest BCUT2D eigenvalue weighted by molar-refractivity contribution is 6.00. The monoisotopic (exact) mass is 270 g/mol. The molecule has 0 aliphatic rings. The molecule has 20 heavy (non-hydrogen) atoms. The molecule has 1 aromatic heterocycles. The van der Waals surface area contributed by atoms with Crippen LogP contribution in [0.25, 0.3) is 11.0 Å². The van der Waals surface area contributed by atoms with E-state index in [4.69, 9.17) is 5.11 Å². The molecule has 0 spiro atoms. The van der Waals surface area contributed by atoms with E-state index in [0.29, 0.717) is 23.1 Å². The number of fused-ring (bicyclic) bond motifs is 1. The minimum Gasteiger partial charge on any atom is -0.478 e. The second-order valence-electron chi connectivity index (χ2n) is 4.44. The van der Waals surface area contributed by atoms with Crippen LogP contribution in [0.2, 0.25) is 0 Å². The number of rotatable bonds is 3. The van der Waals surface area contributed by atoms with Gasteiger partial charge in [-0.1, -0.05) is 24.3 Å². The molecule has 3 aromatic rings. The maximum absolute atomic E-state index is 13.7. The molecule has 1 heterocycles. The second kappa shape index (κ2) is 4.77. The van der Waals surface area contributed by atoms with Crippen LogP contribution in [-0.2, 0) is 6.54 Å². The van der Waals surface area contributed by atoms with E-state index in [9.17, 15) is 9.18 Å². The van der Waals surface area contributed by atoms with Gasteiger partial charge in [-0.2, -0.15) is 0 Å². The van der Waals surface area contributed by atoms with Crippen molar-refractivity contribution in [3.05, 3.63) is 65.7 Å². The summed E-state index contributed by atoms with van der Waals surface area (Å²) in [6.45, 7) is 0.312. The lowest BCUT2D eigenvalue weighted by molar-refractivity contribution is 0.0699. The maximum Gasteiger partial charge on any atom is 0.337 e. The van der Waals surface area contributed by atoms with Crippen molar-refractivity contribution in [1.29, 1.82) is 0 Å². The van der Waals surface area contributed by atoms with Crippen LogP contribution in [0.4, 0.5) is 4.39 Å². The van der Waals surface area contributed by atoms with E-state index < -0.39 is 5.97 Å². The van der Waals surface area contributed by atoms with Gasteiger partial charge >= 0.3 is 5.97 Å². The van der Waals surface area contributed by atoms with Crippen molar-refractivity contribution in [1.82, 2.24) is 9.55 Å². The van der Waals surface area contributed by atoms with E-state index in [-0.39, 0.29) is 11.4 Å². The molecule has 2 aromatic carbocycles. The van der Waals surface area contributed by atoms with Crippen LogP contribution in [0.3, 0.4) is 0 Å². The normalized spacial score (nSPS) is 10.8. The maximum atomic E-state index is 13.7. The number of aromatic carboxylic acids is 1. The molecule has 1 N–H and O–H groups in total. The van der Waals surface area contributed by atoms with Gasteiger partial charge in [0.25, 0.3) is 0 Å². The first-order chi connectivity index (χ1) is 9.66. The van der Waals surface area contributed by atoms with Crippen LogP contribution in [0, 0.1) is 5.82 Å². The molecule has 0 aliphatic carbocycles. The van der Waals surface area contributed by atoms with Crippen molar-refractivity contribution in [2.75, 3.05) is 0 Å². The highest BCUT2D eigenvalue weighted by Crippen LogP contribution is 2.19. The molecule has 0 bridgehead atoms. The fraction of sp³-hybridized carbons (Fsp3) is 0.0667. The highest BCUT2D eigenvalue weighted by Gasteiger charge is 2.13. The van der Waals surface area contributed by atoms with E-state index in [0.717, 1.165) is 0 Å². The Morgan fingerprint density at radius 2 is 2.00 bits per heavy atom. The second-order valence-corrected chi connectivity index (χ2v) is 4.44. The van der Waals surface area contributed by atoms with E-state index in [1.54, 1.807) is 34.9 Å². The molecule has 0 saturated carbocycles. The number of carboxylic acid groups (broad SMARTS) is 1. The summed E-state index contributed by atoms with van der Waals surface area (Å²) < 4.78 is 15.4. The van der Waals surface area contributed by atoms with Gasteiger partial charge in [-0.15, -0.1) is 0 Å². The van der Waals surface area contributed by atoms with Gasteiger partial charge in [0.2, 0.25) is 0 Å². The summed E-state index contributed by atoms with van der Waals surface area (Å²) in [5.74, 6) is -1.31. The number of halogens is 1. The molecule has 3 rings (SSSR count). The molecule has 0 amide bonds. The molecule has 4 nitrogen and oxygen atoms in total. The van der Waals surface area contributed by atoms with Crippen molar-refractivity contribution in [2.45, 2.75) is 6.54 Å². The van der Waals surface area contributed by atoms with Gasteiger partial charge < -0.3 is 9.67 Å². The minimum absolute atomic E-state index is 0.148. The van der Waals surface area contributed by atoms with E-state index in [2.05, 4.69) is 4.98 Å². The predicted octanol–water partition coefficient (Wildman–Crippen LogP) is 2.92. The summed E-state index contributed by atoms with van der Waals surface area (Å²) in [7, 11) is 0. The summed E-state index contributed by atoms with van der Waals surface area (Å²) in [5.41, 5.74) is 1.77. The lowest BCUT2D eigenvalue weighted by Gasteiger charge is -2.06. The number of nitrogens with zero attached hydrogens (tertiary/aromatic N) is 2. The average Bonchev–Trinajstić information content (AvgIpc) is 2.84. The van der Waals surface area contributed by atoms with Gasteiger partial charge in [0.05, 0.1) is 24.0 Å². The first-order valence-electron chi connectivity index (χ1n) is 6.07. The average molecular weight is 270 g/mol. The lowest BCUT2D eigenvalue weighted by Crippen LogP contribution is -2.01. The van der Waals surface area contributed by atoms with Crippen molar-refractivity contribution >= 4 is 17.0 Å². The zero-order valence-electron chi connectivity index (χ0n) is 10.5. The van der Waals surface area contributed by atoms with Gasteiger partial charge in [-0.05, 0) is 18.2 Å². The lowest BCUT2D eigenvalue weighted by atomic mass is 10.1. The molecule has 100 valence electrons. The third kappa shape index (κ3) is 2.03. The van der Waals surface area contributed by atoms with Crippen molar-refractivity contribution in [3.8, 4) is 0 Å². The van der Waals surface area contributed by atoms with E-state index in [1.807, 2.05) is 0 Å². The number of aromatic nitrogens is 2. The Morgan fingerprint density at radius 3 is 2.75 bits per heavy atom. The number of hydrogen-bond acceptors (Lipinski definition) is 2. The molecule has 0 aliphatic heterocycles. The van der Waals surface area contributed by atoms with Gasteiger partial charge in [0.15, 0.2) is 0 Å². The summed E-state index contributed by atoms with van der Waals surface area (Å²) in [6, 6.07) is 11.4. The topological polar surface area (TPSA) is 55.1 Å². The highest BCUT2D eigenvalue weighted by atomic mass is 19.1. The Bertz CT molecular complexity index is 795. The minimum atomic E-state index is -1.02. The van der Waals surface area contributed by atoms with Crippen molar-refractivity contribution in [2.24, 2.45) is 0 Å². The third-order valence-electron chi connectivity index (χ3n) is 3.18. The summed E-state index contributed by atoms with van der Waals surface area (Å²) in [5, 5.41) is 9.12. The molecule has 0 fully saturated rings. The molecular formula is C15H11FN2O2. The smallest absolute Gasteiger partial charge is 0.337 e. The van der Waals surface area contributed by atoms with Crippen molar-refractivity contribution in [3.63, 3.8) is 0 Å². The number of carbonyl (C=O) groups is 1. The number of imidazole rings is 1. The first-order valence-corrected chi connectivity index (χ1v) is 6.07. The zero-order valence-corrected chi connectivity index (χ0v) is 10.5. The molecule has 0 atom stereocenters. The van der Waals surface area contributed by atoms with Gasteiger partial charge in [-0.3, -0.25) is 0 Å². The molecule has 0 unspecified atom stereocenters. The Hall–Kier alpha value is -2.69. The molecular weight excluding hydrogens is 259 g/mol. The Kier molecular flexibility index (Phi) is 2.95. The SMILES string of the molecule is O=C(O)c1cccc2c1ncn2Cc1ccccc1F. The first kappa shape index (κ1) is 12.3. The Balaban J connectivity index is 2.08. The standard InChI is InChI=1S/C15H11FN2O2/c16-12-6-2-1-4-10(12)8-18-9-17-14-11(15(19)20)5-3-7-13(14)18/h1-7,9H,8H2,(H,19,20). The van der Waals surface area contributed by atoms with E-state index in [1.165, 1.54) is 18.5 Å². The van der Waals surface area contributed by atoms with Crippen LogP contribution in [-0.4, -0.2) is 20.6 Å². The Morgan fingerprint density at radius 1 is 1.20 bits per heavy atom. The third-order valence-corrected chi connectivity index (χ3v) is 3.18. The van der Waals surface area contributed by atoms with Crippen LogP contribution in [0.5, 0.6) is 0 Å². The largest absolute Gasteiger partial charge is 0.478 e. The van der Waals surface area contributed by atoms with E-state index >= 15 is 0 Å². The summed E-state index contributed by atoms with van der Waals surface area (Å²) >= 11 is 0. The zero-order chi connectivity index (χ0) is 14.1. The van der Waals surface area contributed by atoms with Crippen LogP contribution < -0.4 is 0 Å². The van der Waals surface area contributed by atoms with Gasteiger partial charge in [0.1, 0.15) is 11.3 Å². The van der Waals surface area contributed by atoms with Crippen LogP contribution in [0.1, 0.15) is 15.9 Å². The fourth-order valence-corrected chi connectivity index (χ4v) is 2.20. The van der Waals surface area contributed by atoms with Gasteiger partial charge in [0, 0.05) is 5.56 Å². The molecule has 5 heteroatoms. The van der Waals surface area contributed by atoms with Crippen LogP contribution in [0.15, 0.2) is 48.8 Å². The summed E-state index contributed by atoms with van der Waals surface area (Å²) in [6.07, 6.45) is 1.53. The number of para-hydroxylation sites is 1. The summed E-state index contributed by atoms with van der Waals surface area (Å²) in [4.78, 5) is 15.3. The molecule has 0 saturated heterocycles. The quantitative estimate of drug-likeness (QED) is 0.796. The number of hydrogen-bond donors (Lipinski definition) is 1. The predicted molar refractivity (Wildman–Crippen MR) is 72.2 cm³/mol. The van der Waals surface area contributed by atoms with Crippen LogP contribution >= 0.6 is 0 Å². The number of carboxylic acids is 1. The Labute approximate surface area is 114 Å². The molecule has 0 radical (unpaired) electrons. The van der Waals surface area contributed by atoms with Gasteiger partial charge in [-0.25, -0.2) is 14.2 Å².